The van der Waals surface area contributed by atoms with Crippen molar-refractivity contribution in [3.8, 4) is 11.5 Å². The zero-order chi connectivity index (χ0) is 22.4. The Morgan fingerprint density at radius 2 is 1.77 bits per heavy atom. The Bertz CT molecular complexity index is 1030. The van der Waals surface area contributed by atoms with E-state index < -0.39 is 41.8 Å². The Morgan fingerprint density at radius 1 is 1.10 bits per heavy atom. The number of hydrogen-bond acceptors (Lipinski definition) is 9. The first-order valence-corrected chi connectivity index (χ1v) is 10.0. The molecule has 1 unspecified atom stereocenters. The van der Waals surface area contributed by atoms with Crippen molar-refractivity contribution in [3.05, 3.63) is 61.1 Å². The van der Waals surface area contributed by atoms with Gasteiger partial charge in [0.2, 0.25) is 13.8 Å². The van der Waals surface area contributed by atoms with Crippen molar-refractivity contribution in [2.45, 2.75) is 13.3 Å². The molecular weight excluding hydrogens is 443 g/mol. The predicted octanol–water partition coefficient (Wildman–Crippen LogP) is 3.80. The number of nitro benzene ring substituents is 2. The zero-order valence-electron chi connectivity index (χ0n) is 15.7. The van der Waals surface area contributed by atoms with Crippen LogP contribution in [0.5, 0.6) is 11.5 Å². The third-order valence-electron chi connectivity index (χ3n) is 3.86. The number of rotatable bonds is 9. The number of ether oxygens (including phenoxy) is 2. The van der Waals surface area contributed by atoms with Gasteiger partial charge in [-0.05, 0) is 18.6 Å². The van der Waals surface area contributed by atoms with Gasteiger partial charge in [0.15, 0.2) is 6.61 Å². The summed E-state index contributed by atoms with van der Waals surface area (Å²) >= 11 is 5.79. The van der Waals surface area contributed by atoms with E-state index in [2.05, 4.69) is 4.74 Å². The Morgan fingerprint density at radius 3 is 2.33 bits per heavy atom. The van der Waals surface area contributed by atoms with E-state index in [1.165, 1.54) is 12.1 Å². The van der Waals surface area contributed by atoms with E-state index in [0.717, 1.165) is 25.3 Å². The van der Waals surface area contributed by atoms with Crippen LogP contribution < -0.4 is 10.0 Å². The fraction of sp³-hybridized carbons (Fsp3) is 0.235. The summed E-state index contributed by atoms with van der Waals surface area (Å²) < 4.78 is 27.4. The number of hydrogen-bond donors (Lipinski definition) is 0. The Balaban J connectivity index is 2.52. The lowest BCUT2D eigenvalue weighted by Crippen LogP contribution is -2.12. The topological polar surface area (TPSA) is 148 Å². The minimum absolute atomic E-state index is 0.0172. The van der Waals surface area contributed by atoms with Gasteiger partial charge in [-0.1, -0.05) is 18.5 Å². The number of halogens is 1. The molecule has 0 radical (unpaired) electrons. The molecule has 0 aliphatic rings. The molecule has 13 heteroatoms. The largest absolute Gasteiger partial charge is 0.467 e. The molecule has 0 aliphatic carbocycles. The Kier molecular flexibility index (Phi) is 7.87. The van der Waals surface area contributed by atoms with Crippen LogP contribution in [0.15, 0.2) is 30.3 Å². The number of carbonyl (C=O) groups excluding carboxylic acids is 1. The van der Waals surface area contributed by atoms with Crippen LogP contribution in [0, 0.1) is 20.2 Å². The number of methoxy groups -OCH3 is 1. The first kappa shape index (κ1) is 23.3. The van der Waals surface area contributed by atoms with Gasteiger partial charge in [-0.25, -0.2) is 4.79 Å². The number of nitrogens with zero attached hydrogens (tertiary/aromatic N) is 2. The van der Waals surface area contributed by atoms with Gasteiger partial charge in [-0.15, -0.1) is 0 Å². The lowest BCUT2D eigenvalue weighted by molar-refractivity contribution is -0.385. The average molecular weight is 459 g/mol. The fourth-order valence-corrected chi connectivity index (χ4v) is 3.59. The van der Waals surface area contributed by atoms with Crippen LogP contribution in [0.25, 0.3) is 0 Å². The lowest BCUT2D eigenvalue weighted by Gasteiger charge is -2.13. The van der Waals surface area contributed by atoms with Crippen molar-refractivity contribution in [2.75, 3.05) is 13.7 Å². The van der Waals surface area contributed by atoms with Gasteiger partial charge < -0.3 is 14.0 Å². The van der Waals surface area contributed by atoms with E-state index in [1.807, 2.05) is 0 Å². The van der Waals surface area contributed by atoms with Crippen LogP contribution >= 0.6 is 19.6 Å². The highest BCUT2D eigenvalue weighted by Gasteiger charge is 2.25. The summed E-state index contributed by atoms with van der Waals surface area (Å²) in [6, 6.07) is 6.02. The number of carbonyl (C=O) groups is 1. The average Bonchev–Trinajstić information content (AvgIpc) is 2.72. The first-order chi connectivity index (χ1) is 14.2. The van der Waals surface area contributed by atoms with E-state index in [1.54, 1.807) is 6.92 Å². The van der Waals surface area contributed by atoms with Crippen LogP contribution in [-0.2, 0) is 25.0 Å². The molecule has 2 aromatic rings. The van der Waals surface area contributed by atoms with Gasteiger partial charge in [0.1, 0.15) is 11.1 Å². The highest BCUT2D eigenvalue weighted by Crippen LogP contribution is 2.38. The second kappa shape index (κ2) is 10.1. The molecule has 0 saturated carbocycles. The number of esters is 1. The normalized spacial score (nSPS) is 11.6. The molecule has 0 fully saturated rings. The van der Waals surface area contributed by atoms with Crippen LogP contribution in [0.1, 0.15) is 12.5 Å². The molecule has 0 N–H and O–H groups in total. The molecule has 0 saturated heterocycles. The maximum Gasteiger partial charge on any atom is 0.332 e. The van der Waals surface area contributed by atoms with E-state index >= 15 is 0 Å². The van der Waals surface area contributed by atoms with Gasteiger partial charge in [0.25, 0.3) is 5.69 Å². The lowest BCUT2D eigenvalue weighted by atomic mass is 10.1. The van der Waals surface area contributed by atoms with Crippen LogP contribution in [-0.4, -0.2) is 29.5 Å². The highest BCUT2D eigenvalue weighted by atomic mass is 35.5. The summed E-state index contributed by atoms with van der Waals surface area (Å²) in [7, 11) is -2.14. The molecule has 0 aromatic heterocycles. The molecule has 2 aromatic carbocycles. The molecule has 0 heterocycles. The Hall–Kier alpha value is -3.01. The van der Waals surface area contributed by atoms with E-state index in [0.29, 0.717) is 5.56 Å². The molecule has 0 aliphatic heterocycles. The summed E-state index contributed by atoms with van der Waals surface area (Å²) in [5.74, 6) is -0.952. The fourth-order valence-electron chi connectivity index (χ4n) is 2.40. The van der Waals surface area contributed by atoms with Gasteiger partial charge in [-0.3, -0.25) is 24.8 Å². The van der Waals surface area contributed by atoms with Crippen molar-refractivity contribution < 1.29 is 33.2 Å². The third kappa shape index (κ3) is 5.53. The minimum atomic E-state index is -3.24. The monoisotopic (exact) mass is 458 g/mol. The first-order valence-electron chi connectivity index (χ1n) is 8.35. The predicted molar refractivity (Wildman–Crippen MR) is 107 cm³/mol. The number of aryl methyl sites for hydroxylation is 1. The van der Waals surface area contributed by atoms with Crippen molar-refractivity contribution >= 4 is 42.3 Å². The SMILES string of the molecule is CCc1cc([N+](=O)[O-])c([PH](=O)OCC(=O)OC)cc1Oc1ccc(Cl)cc1[N+](=O)[O-]. The van der Waals surface area contributed by atoms with Crippen LogP contribution in [0.3, 0.4) is 0 Å². The second-order valence-electron chi connectivity index (χ2n) is 5.71. The Labute approximate surface area is 175 Å². The number of benzene rings is 2. The quantitative estimate of drug-likeness (QED) is 0.236. The molecule has 0 bridgehead atoms. The van der Waals surface area contributed by atoms with Gasteiger partial charge in [0, 0.05) is 28.8 Å². The molecule has 0 spiro atoms. The van der Waals surface area contributed by atoms with E-state index in [9.17, 15) is 29.6 Å². The molecule has 11 nitrogen and oxygen atoms in total. The summed E-state index contributed by atoms with van der Waals surface area (Å²) in [6.07, 6.45) is 0.280. The van der Waals surface area contributed by atoms with E-state index in [-0.39, 0.29) is 28.2 Å². The maximum atomic E-state index is 12.5. The van der Waals surface area contributed by atoms with Crippen LogP contribution in [0.2, 0.25) is 5.02 Å². The van der Waals surface area contributed by atoms with E-state index in [4.69, 9.17) is 20.9 Å². The third-order valence-corrected chi connectivity index (χ3v) is 5.34. The summed E-state index contributed by atoms with van der Waals surface area (Å²) in [5, 5.41) is 22.5. The zero-order valence-corrected chi connectivity index (χ0v) is 17.5. The summed E-state index contributed by atoms with van der Waals surface area (Å²) in [4.78, 5) is 32.5. The summed E-state index contributed by atoms with van der Waals surface area (Å²) in [5.41, 5.74) is -0.560. The molecule has 2 rings (SSSR count). The summed E-state index contributed by atoms with van der Waals surface area (Å²) in [6.45, 7) is 1.03. The second-order valence-corrected chi connectivity index (χ2v) is 7.55. The van der Waals surface area contributed by atoms with Gasteiger partial charge in [0.05, 0.1) is 17.0 Å². The molecular formula is C17H16ClN2O9P. The van der Waals surface area contributed by atoms with Crippen molar-refractivity contribution in [3.63, 3.8) is 0 Å². The van der Waals surface area contributed by atoms with Crippen molar-refractivity contribution in [1.29, 1.82) is 0 Å². The smallest absolute Gasteiger partial charge is 0.332 e. The van der Waals surface area contributed by atoms with Crippen molar-refractivity contribution in [1.82, 2.24) is 0 Å². The molecule has 0 amide bonds. The molecule has 1 atom stereocenters. The highest BCUT2D eigenvalue weighted by molar-refractivity contribution is 7.48. The molecule has 30 heavy (non-hydrogen) atoms. The van der Waals surface area contributed by atoms with Gasteiger partial charge in [-0.2, -0.15) is 0 Å². The van der Waals surface area contributed by atoms with Crippen molar-refractivity contribution in [2.24, 2.45) is 0 Å². The van der Waals surface area contributed by atoms with Gasteiger partial charge >= 0.3 is 11.7 Å². The maximum absolute atomic E-state index is 12.5. The number of nitro groups is 2. The minimum Gasteiger partial charge on any atom is -0.467 e. The molecule has 160 valence electrons. The standard InChI is InChI=1S/C17H16ClN2O9P/c1-3-10-6-13(20(24)25)16(30(26)28-9-17(21)27-2)8-15(10)29-14-5-4-11(18)7-12(14)19(22)23/h4-8,30H,3,9H2,1-2H3. The van der Waals surface area contributed by atoms with Crippen LogP contribution in [0.4, 0.5) is 11.4 Å².